The number of nitrogens with zero attached hydrogens (tertiary/aromatic N) is 5. The molecule has 0 saturated carbocycles. The van der Waals surface area contributed by atoms with Crippen LogP contribution in [0.4, 0.5) is 23.4 Å². The molecule has 4 saturated heterocycles. The molecule has 2 aromatic heterocycles. The van der Waals surface area contributed by atoms with Crippen LogP contribution in [0.3, 0.4) is 0 Å². The lowest BCUT2D eigenvalue weighted by molar-refractivity contribution is -0.171. The van der Waals surface area contributed by atoms with Gasteiger partial charge < -0.3 is 15.0 Å². The van der Waals surface area contributed by atoms with Crippen molar-refractivity contribution < 1.29 is 22.3 Å². The van der Waals surface area contributed by atoms with Crippen LogP contribution >= 0.6 is 11.6 Å². The number of aromatic nitrogens is 3. The minimum Gasteiger partial charge on any atom is -0.461 e. The van der Waals surface area contributed by atoms with E-state index in [2.05, 4.69) is 20.2 Å². The summed E-state index contributed by atoms with van der Waals surface area (Å²) in [6.07, 6.45) is 0.819. The fourth-order valence-corrected chi connectivity index (χ4v) is 8.20. The van der Waals surface area contributed by atoms with Gasteiger partial charge in [-0.25, -0.2) is 4.39 Å². The van der Waals surface area contributed by atoms with Crippen LogP contribution in [0.15, 0.2) is 42.6 Å². The highest BCUT2D eigenvalue weighted by molar-refractivity contribution is 6.36. The second kappa shape index (κ2) is 10.4. The molecule has 4 aromatic rings. The van der Waals surface area contributed by atoms with E-state index in [1.54, 1.807) is 18.3 Å². The monoisotopic (exact) mass is 626 g/mol. The Morgan fingerprint density at radius 3 is 2.59 bits per heavy atom. The van der Waals surface area contributed by atoms with Gasteiger partial charge in [0.15, 0.2) is 5.82 Å². The molecule has 4 aliphatic rings. The molecule has 4 aliphatic heterocycles. The first-order valence-electron chi connectivity index (χ1n) is 15.2. The molecule has 12 heteroatoms. The van der Waals surface area contributed by atoms with Crippen LogP contribution in [0.2, 0.25) is 5.02 Å². The Morgan fingerprint density at radius 1 is 1.05 bits per heavy atom. The van der Waals surface area contributed by atoms with Gasteiger partial charge in [-0.2, -0.15) is 23.1 Å². The van der Waals surface area contributed by atoms with Crippen LogP contribution in [0.1, 0.15) is 32.1 Å². The fraction of sp³-hybridized carbons (Fsp3) is 0.469. The molecule has 2 aromatic carbocycles. The number of hydrogen-bond donors (Lipinski definition) is 1. The zero-order valence-electron chi connectivity index (χ0n) is 23.9. The number of hydrogen-bond acceptors (Lipinski definition) is 7. The van der Waals surface area contributed by atoms with Gasteiger partial charge in [0.1, 0.15) is 23.6 Å². The van der Waals surface area contributed by atoms with E-state index < -0.39 is 23.5 Å². The van der Waals surface area contributed by atoms with Gasteiger partial charge >= 0.3 is 12.2 Å². The van der Waals surface area contributed by atoms with Crippen LogP contribution in [0.25, 0.3) is 32.9 Å². The molecule has 0 amide bonds. The molecule has 0 radical (unpaired) electrons. The summed E-state index contributed by atoms with van der Waals surface area (Å²) in [5.74, 6) is -1.49. The van der Waals surface area contributed by atoms with Crippen molar-refractivity contribution in [3.8, 4) is 17.3 Å². The molecule has 1 N–H and O–H groups in total. The zero-order chi connectivity index (χ0) is 30.2. The fourth-order valence-electron chi connectivity index (χ4n) is 7.92. The molecule has 4 atom stereocenters. The number of piperazine rings is 1. The number of halogens is 5. The second-order valence-electron chi connectivity index (χ2n) is 12.7. The molecule has 0 aliphatic carbocycles. The highest BCUT2D eigenvalue weighted by Crippen LogP contribution is 2.47. The van der Waals surface area contributed by atoms with Crippen LogP contribution in [-0.4, -0.2) is 76.4 Å². The first-order chi connectivity index (χ1) is 21.2. The molecule has 4 fully saturated rings. The van der Waals surface area contributed by atoms with Crippen molar-refractivity contribution in [2.75, 3.05) is 37.7 Å². The Labute approximate surface area is 256 Å². The minimum absolute atomic E-state index is 0.00974. The van der Waals surface area contributed by atoms with Gasteiger partial charge in [0, 0.05) is 53.9 Å². The lowest BCUT2D eigenvalue weighted by atomic mass is 9.90. The third kappa shape index (κ3) is 4.66. The Balaban J connectivity index is 1.22. The molecule has 44 heavy (non-hydrogen) atoms. The smallest absolute Gasteiger partial charge is 0.393 e. The molecule has 2 bridgehead atoms. The van der Waals surface area contributed by atoms with E-state index in [1.165, 1.54) is 0 Å². The Kier molecular flexibility index (Phi) is 6.66. The van der Waals surface area contributed by atoms with Crippen molar-refractivity contribution in [1.82, 2.24) is 25.2 Å². The molecule has 0 spiro atoms. The Morgan fingerprint density at radius 2 is 1.82 bits per heavy atom. The highest BCUT2D eigenvalue weighted by Gasteiger charge is 2.56. The van der Waals surface area contributed by atoms with Crippen molar-refractivity contribution in [2.24, 2.45) is 5.92 Å². The van der Waals surface area contributed by atoms with Gasteiger partial charge in [-0.3, -0.25) is 9.88 Å². The summed E-state index contributed by atoms with van der Waals surface area (Å²) in [5.41, 5.74) is -0.0316. The van der Waals surface area contributed by atoms with E-state index >= 15 is 4.39 Å². The van der Waals surface area contributed by atoms with Crippen molar-refractivity contribution in [2.45, 2.75) is 55.9 Å². The van der Waals surface area contributed by atoms with Gasteiger partial charge in [0.05, 0.1) is 16.8 Å². The minimum atomic E-state index is -4.26. The first kappa shape index (κ1) is 28.2. The van der Waals surface area contributed by atoms with E-state index in [0.717, 1.165) is 24.6 Å². The number of ether oxygens (including phenoxy) is 1. The number of fused-ring (bicyclic) bond motifs is 5. The summed E-state index contributed by atoms with van der Waals surface area (Å²) in [5, 5.41) is 6.09. The summed E-state index contributed by atoms with van der Waals surface area (Å²) in [7, 11) is 0. The van der Waals surface area contributed by atoms with Crippen LogP contribution in [0, 0.1) is 11.7 Å². The third-order valence-corrected chi connectivity index (χ3v) is 10.3. The average Bonchev–Trinajstić information content (AvgIpc) is 3.67. The normalized spacial score (nSPS) is 27.0. The maximum absolute atomic E-state index is 16.6. The summed E-state index contributed by atoms with van der Waals surface area (Å²) >= 11 is 6.57. The van der Waals surface area contributed by atoms with Crippen molar-refractivity contribution in [3.63, 3.8) is 0 Å². The lowest BCUT2D eigenvalue weighted by Gasteiger charge is -2.34. The maximum atomic E-state index is 16.6. The number of pyridine rings is 1. The predicted octanol–water partition coefficient (Wildman–Crippen LogP) is 6.37. The second-order valence-corrected chi connectivity index (χ2v) is 13.1. The highest BCUT2D eigenvalue weighted by atomic mass is 35.5. The van der Waals surface area contributed by atoms with E-state index in [9.17, 15) is 13.2 Å². The van der Waals surface area contributed by atoms with E-state index in [0.29, 0.717) is 65.3 Å². The van der Waals surface area contributed by atoms with E-state index in [1.807, 2.05) is 29.2 Å². The SMILES string of the molecule is Fc1c(-c2cccc3cccc(Cl)c23)ncc2c(N3C[C@H]4CC[C@@H](C3)N4)nc(OC[C@]34CCCN3C[C@@H](C(F)(F)F)C4)nc12. The molecule has 8 rings (SSSR count). The quantitative estimate of drug-likeness (QED) is 0.258. The lowest BCUT2D eigenvalue weighted by Crippen LogP contribution is -2.51. The maximum Gasteiger partial charge on any atom is 0.393 e. The molecule has 7 nitrogen and oxygen atoms in total. The van der Waals surface area contributed by atoms with Crippen molar-refractivity contribution in [1.29, 1.82) is 0 Å². The summed E-state index contributed by atoms with van der Waals surface area (Å²) < 4.78 is 63.9. The van der Waals surface area contributed by atoms with Gasteiger partial charge in [-0.05, 0) is 50.1 Å². The average molecular weight is 627 g/mol. The molecular formula is C32H31ClF4N6O. The van der Waals surface area contributed by atoms with E-state index in [4.69, 9.17) is 21.3 Å². The number of anilines is 1. The van der Waals surface area contributed by atoms with Gasteiger partial charge in [0.25, 0.3) is 0 Å². The predicted molar refractivity (Wildman–Crippen MR) is 161 cm³/mol. The number of nitrogens with one attached hydrogen (secondary N) is 1. The third-order valence-electron chi connectivity index (χ3n) is 10.0. The summed E-state index contributed by atoms with van der Waals surface area (Å²) in [4.78, 5) is 17.9. The summed E-state index contributed by atoms with van der Waals surface area (Å²) in [6, 6.07) is 11.6. The molecule has 0 unspecified atom stereocenters. The topological polar surface area (TPSA) is 66.4 Å². The van der Waals surface area contributed by atoms with Crippen LogP contribution in [0.5, 0.6) is 6.01 Å². The first-order valence-corrected chi connectivity index (χ1v) is 15.6. The molecule has 6 heterocycles. The molecular weight excluding hydrogens is 596 g/mol. The van der Waals surface area contributed by atoms with Crippen molar-refractivity contribution >= 4 is 39.1 Å². The Hall–Kier alpha value is -3.28. The van der Waals surface area contributed by atoms with E-state index in [-0.39, 0.29) is 36.8 Å². The Bertz CT molecular complexity index is 1750. The van der Waals surface area contributed by atoms with Gasteiger partial charge in [-0.15, -0.1) is 0 Å². The van der Waals surface area contributed by atoms with Crippen LogP contribution in [-0.2, 0) is 0 Å². The molecule has 230 valence electrons. The largest absolute Gasteiger partial charge is 0.461 e. The summed E-state index contributed by atoms with van der Waals surface area (Å²) in [6.45, 7) is 1.96. The number of rotatable bonds is 5. The standard InChI is InChI=1S/C32H31ClF4N6O/c33-24-7-2-5-18-4-1-6-22(25(18)24)27-26(34)28-23(13-38-27)29(42-15-20-8-9-21(16-42)39-20)41-30(40-28)44-17-31-10-3-11-43(31)14-19(12-31)32(35,36)37/h1-2,4-7,13,19-21,39H,3,8-12,14-17H2/t19-,20-,21+,31+/m0/s1. The van der Waals surface area contributed by atoms with Crippen LogP contribution < -0.4 is 15.0 Å². The zero-order valence-corrected chi connectivity index (χ0v) is 24.6. The van der Waals surface area contributed by atoms with Gasteiger partial charge in [0.2, 0.25) is 0 Å². The van der Waals surface area contributed by atoms with Gasteiger partial charge in [-0.1, -0.05) is 41.9 Å². The number of benzene rings is 2. The van der Waals surface area contributed by atoms with Crippen molar-refractivity contribution in [3.05, 3.63) is 53.4 Å². The number of alkyl halides is 3.